The Balaban J connectivity index is 1.61. The van der Waals surface area contributed by atoms with Gasteiger partial charge in [-0.1, -0.05) is 18.2 Å². The molecule has 0 saturated carbocycles. The summed E-state index contributed by atoms with van der Waals surface area (Å²) < 4.78 is 5.47. The van der Waals surface area contributed by atoms with Gasteiger partial charge in [-0.15, -0.1) is 0 Å². The molecule has 0 spiro atoms. The Labute approximate surface area is 169 Å². The molecule has 27 heavy (non-hydrogen) atoms. The van der Waals surface area contributed by atoms with Crippen LogP contribution in [0.3, 0.4) is 0 Å². The van der Waals surface area contributed by atoms with E-state index in [-0.39, 0.29) is 0 Å². The second-order valence-corrected chi connectivity index (χ2v) is 8.17. The van der Waals surface area contributed by atoms with E-state index in [2.05, 4.69) is 59.3 Å². The highest BCUT2D eigenvalue weighted by molar-refractivity contribution is 7.80. The molecule has 4 nitrogen and oxygen atoms in total. The van der Waals surface area contributed by atoms with Gasteiger partial charge in [0.15, 0.2) is 5.11 Å². The maximum atomic E-state index is 5.82. The molecule has 3 rings (SSSR count). The minimum absolute atomic E-state index is 0.694. The molecule has 2 aliphatic rings. The van der Waals surface area contributed by atoms with Crippen molar-refractivity contribution in [3.63, 3.8) is 0 Å². The number of hydrogen-bond acceptors (Lipinski definition) is 3. The number of anilines is 1. The van der Waals surface area contributed by atoms with Gasteiger partial charge in [0.25, 0.3) is 0 Å². The van der Waals surface area contributed by atoms with Crippen LogP contribution in [0.25, 0.3) is 0 Å². The number of morpholine rings is 1. The second kappa shape index (κ2) is 10.2. The van der Waals surface area contributed by atoms with Gasteiger partial charge in [0.2, 0.25) is 0 Å². The van der Waals surface area contributed by atoms with Crippen LogP contribution in [0, 0.1) is 19.8 Å². The lowest BCUT2D eigenvalue weighted by Gasteiger charge is -2.34. The Kier molecular flexibility index (Phi) is 7.68. The maximum absolute atomic E-state index is 5.82. The zero-order chi connectivity index (χ0) is 19.1. The summed E-state index contributed by atoms with van der Waals surface area (Å²) in [5, 5.41) is 4.33. The molecule has 1 aliphatic carbocycles. The van der Waals surface area contributed by atoms with Crippen LogP contribution in [0.15, 0.2) is 30.4 Å². The van der Waals surface area contributed by atoms with Crippen molar-refractivity contribution in [3.8, 4) is 0 Å². The summed E-state index contributed by atoms with van der Waals surface area (Å²) >= 11 is 5.82. The predicted molar refractivity (Wildman–Crippen MR) is 117 cm³/mol. The van der Waals surface area contributed by atoms with Gasteiger partial charge in [-0.05, 0) is 74.5 Å². The highest BCUT2D eigenvalue weighted by Gasteiger charge is 2.19. The van der Waals surface area contributed by atoms with E-state index in [1.807, 2.05) is 0 Å². The number of benzene rings is 1. The van der Waals surface area contributed by atoms with Crippen molar-refractivity contribution in [2.75, 3.05) is 51.3 Å². The number of thiocarbonyl (C=S) groups is 1. The topological polar surface area (TPSA) is 27.7 Å². The number of nitrogens with one attached hydrogen (secondary N) is 1. The minimum atomic E-state index is 0.694. The number of nitrogens with zero attached hydrogens (tertiary/aromatic N) is 2. The van der Waals surface area contributed by atoms with E-state index in [1.54, 1.807) is 0 Å². The van der Waals surface area contributed by atoms with Crippen molar-refractivity contribution in [2.45, 2.75) is 33.1 Å². The summed E-state index contributed by atoms with van der Waals surface area (Å²) in [5.41, 5.74) is 3.69. The van der Waals surface area contributed by atoms with E-state index < -0.39 is 0 Å². The van der Waals surface area contributed by atoms with Crippen molar-refractivity contribution in [1.29, 1.82) is 0 Å². The van der Waals surface area contributed by atoms with Crippen molar-refractivity contribution in [1.82, 2.24) is 9.80 Å². The fraction of sp³-hybridized carbons (Fsp3) is 0.591. The van der Waals surface area contributed by atoms with Crippen molar-refractivity contribution >= 4 is 23.0 Å². The maximum Gasteiger partial charge on any atom is 0.173 e. The third-order valence-corrected chi connectivity index (χ3v) is 6.05. The Hall–Kier alpha value is -1.43. The van der Waals surface area contributed by atoms with E-state index in [0.29, 0.717) is 5.92 Å². The molecular formula is C22H33N3OS. The van der Waals surface area contributed by atoms with Gasteiger partial charge in [-0.2, -0.15) is 0 Å². The van der Waals surface area contributed by atoms with Crippen molar-refractivity contribution in [2.24, 2.45) is 5.92 Å². The molecule has 5 heteroatoms. The molecule has 0 aromatic heterocycles. The van der Waals surface area contributed by atoms with Crippen LogP contribution >= 0.6 is 12.2 Å². The summed E-state index contributed by atoms with van der Waals surface area (Å²) in [7, 11) is 0. The van der Waals surface area contributed by atoms with Crippen molar-refractivity contribution < 1.29 is 4.74 Å². The number of allylic oxidation sites excluding steroid dienone is 2. The molecule has 0 radical (unpaired) electrons. The molecular weight excluding hydrogens is 354 g/mol. The molecule has 1 unspecified atom stereocenters. The molecule has 148 valence electrons. The standard InChI is InChI=1S/C22H33N3OS/c1-18-8-9-21(16-19(18)2)23-22(27)25(17-20-6-4-3-5-7-20)11-10-24-12-14-26-15-13-24/h3-4,8-9,16,20H,5-7,10-15,17H2,1-2H3,(H,23,27). The first kappa shape index (κ1) is 20.3. The largest absolute Gasteiger partial charge is 0.379 e. The van der Waals surface area contributed by atoms with Crippen LogP contribution in [0.4, 0.5) is 5.69 Å². The molecule has 1 aliphatic heterocycles. The van der Waals surface area contributed by atoms with Gasteiger partial charge in [-0.25, -0.2) is 0 Å². The summed E-state index contributed by atoms with van der Waals surface area (Å²) in [6.45, 7) is 11.1. The van der Waals surface area contributed by atoms with Crippen molar-refractivity contribution in [3.05, 3.63) is 41.5 Å². The van der Waals surface area contributed by atoms with Crippen LogP contribution in [0.5, 0.6) is 0 Å². The molecule has 0 amide bonds. The highest BCUT2D eigenvalue weighted by atomic mass is 32.1. The van der Waals surface area contributed by atoms with E-state index in [0.717, 1.165) is 56.7 Å². The summed E-state index contributed by atoms with van der Waals surface area (Å²) in [6, 6.07) is 6.47. The smallest absolute Gasteiger partial charge is 0.173 e. The first-order chi connectivity index (χ1) is 13.1. The Morgan fingerprint density at radius 1 is 1.22 bits per heavy atom. The lowest BCUT2D eigenvalue weighted by Crippen LogP contribution is -2.45. The van der Waals surface area contributed by atoms with Gasteiger partial charge in [0, 0.05) is 38.4 Å². The predicted octanol–water partition coefficient (Wildman–Crippen LogP) is 3.99. The molecule has 1 atom stereocenters. The Morgan fingerprint density at radius 3 is 2.74 bits per heavy atom. The molecule has 1 aromatic rings. The number of rotatable bonds is 6. The lowest BCUT2D eigenvalue weighted by atomic mass is 9.94. The van der Waals surface area contributed by atoms with Crippen LogP contribution in [0.2, 0.25) is 0 Å². The molecule has 1 fully saturated rings. The van der Waals surface area contributed by atoms with E-state index in [9.17, 15) is 0 Å². The van der Waals surface area contributed by atoms with Gasteiger partial charge < -0.3 is 15.0 Å². The minimum Gasteiger partial charge on any atom is -0.379 e. The van der Waals surface area contributed by atoms with Crippen LogP contribution in [-0.4, -0.2) is 60.8 Å². The Morgan fingerprint density at radius 2 is 2.04 bits per heavy atom. The number of aryl methyl sites for hydroxylation is 2. The number of hydrogen-bond donors (Lipinski definition) is 1. The SMILES string of the molecule is Cc1ccc(NC(=S)N(CCN2CCOCC2)CC2CC=CCC2)cc1C. The van der Waals surface area contributed by atoms with E-state index in [1.165, 1.54) is 30.4 Å². The Bertz CT molecular complexity index is 655. The molecule has 1 aromatic carbocycles. The lowest BCUT2D eigenvalue weighted by molar-refractivity contribution is 0.0356. The van der Waals surface area contributed by atoms with Gasteiger partial charge in [0.1, 0.15) is 0 Å². The van der Waals surface area contributed by atoms with Gasteiger partial charge in [-0.3, -0.25) is 4.90 Å². The quantitative estimate of drug-likeness (QED) is 0.588. The molecule has 1 N–H and O–H groups in total. The second-order valence-electron chi connectivity index (χ2n) is 7.78. The summed E-state index contributed by atoms with van der Waals surface area (Å²) in [5.74, 6) is 0.694. The third-order valence-electron chi connectivity index (χ3n) is 5.69. The van der Waals surface area contributed by atoms with Gasteiger partial charge >= 0.3 is 0 Å². The van der Waals surface area contributed by atoms with Gasteiger partial charge in [0.05, 0.1) is 13.2 Å². The van der Waals surface area contributed by atoms with E-state index >= 15 is 0 Å². The zero-order valence-corrected chi connectivity index (χ0v) is 17.6. The first-order valence-electron chi connectivity index (χ1n) is 10.2. The fourth-order valence-corrected chi connectivity index (χ4v) is 4.00. The van der Waals surface area contributed by atoms with Crippen LogP contribution < -0.4 is 5.32 Å². The zero-order valence-electron chi connectivity index (χ0n) is 16.7. The summed E-state index contributed by atoms with van der Waals surface area (Å²) in [4.78, 5) is 4.86. The number of ether oxygens (including phenoxy) is 1. The van der Waals surface area contributed by atoms with E-state index in [4.69, 9.17) is 17.0 Å². The molecule has 0 bridgehead atoms. The molecule has 1 saturated heterocycles. The van der Waals surface area contributed by atoms with Crippen LogP contribution in [-0.2, 0) is 4.74 Å². The monoisotopic (exact) mass is 387 g/mol. The third kappa shape index (κ3) is 6.30. The fourth-order valence-electron chi connectivity index (χ4n) is 3.72. The normalized spacial score (nSPS) is 20.4. The average molecular weight is 388 g/mol. The highest BCUT2D eigenvalue weighted by Crippen LogP contribution is 2.20. The molecule has 1 heterocycles. The average Bonchev–Trinajstić information content (AvgIpc) is 2.69. The first-order valence-corrected chi connectivity index (χ1v) is 10.6. The van der Waals surface area contributed by atoms with Crippen LogP contribution in [0.1, 0.15) is 30.4 Å². The summed E-state index contributed by atoms with van der Waals surface area (Å²) in [6.07, 6.45) is 8.25.